The van der Waals surface area contributed by atoms with Gasteiger partial charge in [0.1, 0.15) is 5.01 Å². The second-order valence-corrected chi connectivity index (χ2v) is 7.11. The summed E-state index contributed by atoms with van der Waals surface area (Å²) in [6.07, 6.45) is 0. The zero-order valence-electron chi connectivity index (χ0n) is 11.4. The molecule has 0 aliphatic carbocycles. The number of nitrogens with one attached hydrogen (secondary N) is 1. The Balaban J connectivity index is 2.26. The maximum absolute atomic E-state index is 12.3. The number of aryl methyl sites for hydroxylation is 1. The smallest absolute Gasteiger partial charge is 0.335 e. The van der Waals surface area contributed by atoms with Crippen LogP contribution in [0.25, 0.3) is 0 Å². The van der Waals surface area contributed by atoms with Crippen molar-refractivity contribution in [2.45, 2.75) is 24.8 Å². The second kappa shape index (κ2) is 5.92. The summed E-state index contributed by atoms with van der Waals surface area (Å²) in [5.41, 5.74) is 0.754. The number of carboxylic acid groups (broad SMARTS) is 1. The van der Waals surface area contributed by atoms with Crippen LogP contribution in [-0.2, 0) is 10.0 Å². The third-order valence-electron chi connectivity index (χ3n) is 2.73. The lowest BCUT2D eigenvalue weighted by atomic mass is 10.2. The number of carbonyl (C=O) groups is 1. The summed E-state index contributed by atoms with van der Waals surface area (Å²) in [5, 5.41) is 11.4. The number of rotatable bonds is 5. The molecule has 2 N–H and O–H groups in total. The maximum Gasteiger partial charge on any atom is 0.335 e. The molecule has 0 spiro atoms. The molecule has 112 valence electrons. The molecule has 2 aromatic rings. The Labute approximate surface area is 126 Å². The quantitative estimate of drug-likeness (QED) is 0.878. The lowest BCUT2D eigenvalue weighted by molar-refractivity contribution is 0.0696. The van der Waals surface area contributed by atoms with Crippen molar-refractivity contribution in [3.05, 3.63) is 45.9 Å². The van der Waals surface area contributed by atoms with Gasteiger partial charge in [-0.1, -0.05) is 6.07 Å². The van der Waals surface area contributed by atoms with Crippen molar-refractivity contribution in [2.75, 3.05) is 0 Å². The van der Waals surface area contributed by atoms with Gasteiger partial charge in [0.25, 0.3) is 0 Å². The van der Waals surface area contributed by atoms with E-state index < -0.39 is 22.0 Å². The molecule has 1 aromatic carbocycles. The average molecular weight is 326 g/mol. The monoisotopic (exact) mass is 326 g/mol. The number of carboxylic acids is 1. The van der Waals surface area contributed by atoms with Gasteiger partial charge in [-0.3, -0.25) is 0 Å². The fourth-order valence-corrected chi connectivity index (χ4v) is 3.85. The number of nitrogens with zero attached hydrogens (tertiary/aromatic N) is 1. The Hall–Kier alpha value is -1.77. The summed E-state index contributed by atoms with van der Waals surface area (Å²) in [5.74, 6) is -1.17. The number of hydrogen-bond donors (Lipinski definition) is 2. The molecule has 21 heavy (non-hydrogen) atoms. The Bertz CT molecular complexity index is 768. The first kappa shape index (κ1) is 15.6. The minimum absolute atomic E-state index is 0.0735. The Morgan fingerprint density at radius 2 is 2.14 bits per heavy atom. The number of benzene rings is 1. The van der Waals surface area contributed by atoms with Crippen molar-refractivity contribution < 1.29 is 18.3 Å². The van der Waals surface area contributed by atoms with Gasteiger partial charge in [-0.25, -0.2) is 22.9 Å². The van der Waals surface area contributed by atoms with Gasteiger partial charge in [-0.05, 0) is 32.0 Å². The summed E-state index contributed by atoms with van der Waals surface area (Å²) in [7, 11) is -3.80. The Morgan fingerprint density at radius 1 is 1.43 bits per heavy atom. The summed E-state index contributed by atoms with van der Waals surface area (Å²) in [6.45, 7) is 3.52. The van der Waals surface area contributed by atoms with E-state index >= 15 is 0 Å². The first-order valence-electron chi connectivity index (χ1n) is 6.07. The third-order valence-corrected chi connectivity index (χ3v) is 5.41. The van der Waals surface area contributed by atoms with E-state index in [0.717, 1.165) is 11.8 Å². The average Bonchev–Trinajstić information content (AvgIpc) is 2.85. The highest BCUT2D eigenvalue weighted by atomic mass is 32.2. The van der Waals surface area contributed by atoms with Crippen molar-refractivity contribution >= 4 is 27.3 Å². The van der Waals surface area contributed by atoms with Crippen molar-refractivity contribution in [2.24, 2.45) is 0 Å². The molecule has 0 saturated heterocycles. The molecule has 6 nitrogen and oxygen atoms in total. The topological polar surface area (TPSA) is 96.4 Å². The van der Waals surface area contributed by atoms with Crippen molar-refractivity contribution in [3.63, 3.8) is 0 Å². The molecule has 1 atom stereocenters. The molecule has 0 amide bonds. The van der Waals surface area contributed by atoms with Crippen LogP contribution in [0, 0.1) is 6.92 Å². The van der Waals surface area contributed by atoms with Crippen LogP contribution < -0.4 is 4.72 Å². The van der Waals surface area contributed by atoms with Crippen molar-refractivity contribution in [1.29, 1.82) is 0 Å². The molecule has 0 bridgehead atoms. The largest absolute Gasteiger partial charge is 0.478 e. The number of hydrogen-bond acceptors (Lipinski definition) is 5. The summed E-state index contributed by atoms with van der Waals surface area (Å²) < 4.78 is 27.0. The number of aromatic carboxylic acids is 1. The summed E-state index contributed by atoms with van der Waals surface area (Å²) in [6, 6.07) is 4.74. The molecule has 0 aliphatic rings. The molecular formula is C13H14N2O4S2. The first-order chi connectivity index (χ1) is 9.79. The Morgan fingerprint density at radius 3 is 2.71 bits per heavy atom. The van der Waals surface area contributed by atoms with Gasteiger partial charge < -0.3 is 5.11 Å². The SMILES string of the molecule is Cc1csc(C(C)NS(=O)(=O)c2cccc(C(=O)O)c2)n1. The van der Waals surface area contributed by atoms with E-state index in [4.69, 9.17) is 5.11 Å². The molecule has 0 radical (unpaired) electrons. The summed E-state index contributed by atoms with van der Waals surface area (Å²) >= 11 is 1.37. The van der Waals surface area contributed by atoms with E-state index in [0.29, 0.717) is 5.01 Å². The molecule has 0 saturated carbocycles. The zero-order valence-corrected chi connectivity index (χ0v) is 13.0. The predicted octanol–water partition coefficient (Wildman–Crippen LogP) is 2.19. The first-order valence-corrected chi connectivity index (χ1v) is 8.43. The molecule has 0 fully saturated rings. The van der Waals surface area contributed by atoms with Crippen LogP contribution in [-0.4, -0.2) is 24.5 Å². The normalized spacial score (nSPS) is 13.0. The lowest BCUT2D eigenvalue weighted by Crippen LogP contribution is -2.27. The van der Waals surface area contributed by atoms with Gasteiger partial charge >= 0.3 is 5.97 Å². The molecule has 8 heteroatoms. The van der Waals surface area contributed by atoms with Gasteiger partial charge in [0.15, 0.2) is 0 Å². The lowest BCUT2D eigenvalue weighted by Gasteiger charge is -2.12. The fourth-order valence-electron chi connectivity index (χ4n) is 1.72. The van der Waals surface area contributed by atoms with Crippen LogP contribution in [0.5, 0.6) is 0 Å². The molecule has 2 rings (SSSR count). The minimum Gasteiger partial charge on any atom is -0.478 e. The van der Waals surface area contributed by atoms with E-state index in [-0.39, 0.29) is 10.5 Å². The number of sulfonamides is 1. The molecular weight excluding hydrogens is 312 g/mol. The van der Waals surface area contributed by atoms with Gasteiger partial charge in [0.2, 0.25) is 10.0 Å². The van der Waals surface area contributed by atoms with E-state index in [9.17, 15) is 13.2 Å². The summed E-state index contributed by atoms with van der Waals surface area (Å²) in [4.78, 5) is 15.1. The molecule has 1 heterocycles. The van der Waals surface area contributed by atoms with Crippen LogP contribution in [0.2, 0.25) is 0 Å². The molecule has 0 aliphatic heterocycles. The van der Waals surface area contributed by atoms with E-state index in [2.05, 4.69) is 9.71 Å². The Kier molecular flexibility index (Phi) is 4.40. The van der Waals surface area contributed by atoms with Crippen LogP contribution in [0.15, 0.2) is 34.5 Å². The minimum atomic E-state index is -3.80. The van der Waals surface area contributed by atoms with Crippen LogP contribution in [0.4, 0.5) is 0 Å². The predicted molar refractivity (Wildman–Crippen MR) is 79.0 cm³/mol. The number of thiazole rings is 1. The molecule has 1 aromatic heterocycles. The highest BCUT2D eigenvalue weighted by Crippen LogP contribution is 2.20. The van der Waals surface area contributed by atoms with Gasteiger partial charge in [-0.15, -0.1) is 11.3 Å². The standard InChI is InChI=1S/C13H14N2O4S2/c1-8-7-20-12(14-8)9(2)15-21(18,19)11-5-3-4-10(6-11)13(16)17/h3-7,9,15H,1-2H3,(H,16,17). The highest BCUT2D eigenvalue weighted by molar-refractivity contribution is 7.89. The van der Waals surface area contributed by atoms with Crippen LogP contribution in [0.1, 0.15) is 34.0 Å². The van der Waals surface area contributed by atoms with Gasteiger partial charge in [0, 0.05) is 11.1 Å². The van der Waals surface area contributed by atoms with E-state index in [1.165, 1.54) is 29.5 Å². The fraction of sp³-hybridized carbons (Fsp3) is 0.231. The highest BCUT2D eigenvalue weighted by Gasteiger charge is 2.21. The van der Waals surface area contributed by atoms with Crippen molar-refractivity contribution in [3.8, 4) is 0 Å². The van der Waals surface area contributed by atoms with E-state index in [1.54, 1.807) is 6.92 Å². The molecule has 1 unspecified atom stereocenters. The third kappa shape index (κ3) is 3.66. The van der Waals surface area contributed by atoms with E-state index in [1.807, 2.05) is 12.3 Å². The maximum atomic E-state index is 12.3. The van der Waals surface area contributed by atoms with Gasteiger partial charge in [0.05, 0.1) is 16.5 Å². The second-order valence-electron chi connectivity index (χ2n) is 4.50. The zero-order chi connectivity index (χ0) is 15.6. The van der Waals surface area contributed by atoms with Crippen LogP contribution in [0.3, 0.4) is 0 Å². The van der Waals surface area contributed by atoms with Crippen LogP contribution >= 0.6 is 11.3 Å². The van der Waals surface area contributed by atoms with Gasteiger partial charge in [-0.2, -0.15) is 0 Å². The van der Waals surface area contributed by atoms with Crippen molar-refractivity contribution in [1.82, 2.24) is 9.71 Å². The number of aromatic nitrogens is 1.